The molecule has 0 bridgehead atoms. The van der Waals surface area contributed by atoms with Crippen LogP contribution in [0.1, 0.15) is 51.0 Å². The number of carbonyl (C=O) groups is 4. The van der Waals surface area contributed by atoms with Crippen LogP contribution < -0.4 is 0 Å². The largest absolute Gasteiger partial charge is 0.459 e. The molecule has 0 N–H and O–H groups in total. The van der Waals surface area contributed by atoms with Crippen LogP contribution in [0.25, 0.3) is 0 Å². The van der Waals surface area contributed by atoms with Crippen LogP contribution >= 0.6 is 0 Å². The van der Waals surface area contributed by atoms with Gasteiger partial charge in [0, 0.05) is 36.4 Å². The van der Waals surface area contributed by atoms with Crippen LogP contribution in [0.2, 0.25) is 0 Å². The molecule has 3 atom stereocenters. The summed E-state index contributed by atoms with van der Waals surface area (Å²) in [5.74, 6) is -4.35. The Kier molecular flexibility index (Phi) is 10.3. The van der Waals surface area contributed by atoms with Gasteiger partial charge in [-0.25, -0.2) is 27.5 Å². The smallest absolute Gasteiger partial charge is 0.361 e. The van der Waals surface area contributed by atoms with Crippen molar-refractivity contribution in [2.24, 2.45) is 0 Å². The van der Waals surface area contributed by atoms with E-state index in [4.69, 9.17) is 14.2 Å². The highest BCUT2D eigenvalue weighted by atomic mass is 32.2. The van der Waals surface area contributed by atoms with Gasteiger partial charge in [-0.15, -0.1) is 5.10 Å². The number of amides is 1. The summed E-state index contributed by atoms with van der Waals surface area (Å²) in [6, 6.07) is 13.1. The van der Waals surface area contributed by atoms with Crippen LogP contribution in [-0.2, 0) is 60.0 Å². The minimum Gasteiger partial charge on any atom is -0.459 e. The van der Waals surface area contributed by atoms with Crippen LogP contribution in [0, 0.1) is 30.3 Å². The lowest BCUT2D eigenvalue weighted by Gasteiger charge is -2.36. The highest BCUT2D eigenvalue weighted by Gasteiger charge is 2.70. The van der Waals surface area contributed by atoms with Crippen molar-refractivity contribution >= 4 is 50.7 Å². The number of benzene rings is 3. The number of hydrogen-bond acceptors (Lipinski definition) is 17. The Bertz CT molecular complexity index is 2380. The van der Waals surface area contributed by atoms with E-state index in [2.05, 4.69) is 10.3 Å². The van der Waals surface area contributed by atoms with E-state index in [0.29, 0.717) is 15.8 Å². The van der Waals surface area contributed by atoms with Gasteiger partial charge in [-0.05, 0) is 60.0 Å². The predicted molar refractivity (Wildman–Crippen MR) is 184 cm³/mol. The standard InChI is InChI=1S/C33H27N7O15S/c1-33(29(37-25(41)14-26(37)56(33,51)52)32(44)55-17-21-6-12-24(13-7-21)40(49)50)18-36-28(31(43)54-16-20-4-10-23(11-5-20)39(47)48)27(34-35-36)30(42)53-15-19-2-8-22(9-3-19)38(45)46/h2-13,26,29H,14-18H2,1H3/t26-,29+,33+/m1/s1. The fourth-order valence-corrected chi connectivity index (χ4v) is 8.49. The minimum absolute atomic E-state index is 0.226. The van der Waals surface area contributed by atoms with E-state index < -0.39 is 109 Å². The Morgan fingerprint density at radius 2 is 1.18 bits per heavy atom. The second-order valence-corrected chi connectivity index (χ2v) is 15.3. The first-order valence-electron chi connectivity index (χ1n) is 16.2. The second-order valence-electron chi connectivity index (χ2n) is 12.7. The van der Waals surface area contributed by atoms with Gasteiger partial charge in [-0.3, -0.25) is 35.1 Å². The SMILES string of the molecule is C[C@]1(Cn2nnc(C(=O)OCc3ccc([N+](=O)[O-])cc3)c2C(=O)OCc2ccc([N+](=O)[O-])cc2)[C@H](C(=O)OCc2ccc([N+](=O)[O-])cc2)N2C(=O)C[C@H]2S1(=O)=O. The number of nitrogens with zero attached hydrogens (tertiary/aromatic N) is 7. The second kappa shape index (κ2) is 14.9. The number of nitro benzene ring substituents is 3. The number of aromatic nitrogens is 3. The number of rotatable bonds is 14. The summed E-state index contributed by atoms with van der Waals surface area (Å²) in [6.45, 7) is -1.11. The number of hydrogen-bond donors (Lipinski definition) is 0. The maximum atomic E-state index is 14.0. The molecule has 22 nitrogen and oxygen atoms in total. The molecule has 3 heterocycles. The van der Waals surface area contributed by atoms with Crippen molar-refractivity contribution in [2.75, 3.05) is 0 Å². The number of β-lactam (4-membered cyclic amide) rings is 1. The number of carbonyl (C=O) groups excluding carboxylic acids is 4. The van der Waals surface area contributed by atoms with Gasteiger partial charge in [0.15, 0.2) is 21.6 Å². The molecule has 2 fully saturated rings. The Morgan fingerprint density at radius 1 is 0.750 bits per heavy atom. The molecule has 290 valence electrons. The summed E-state index contributed by atoms with van der Waals surface area (Å²) in [4.78, 5) is 85.5. The van der Waals surface area contributed by atoms with Crippen molar-refractivity contribution < 1.29 is 56.6 Å². The zero-order chi connectivity index (χ0) is 40.5. The van der Waals surface area contributed by atoms with Crippen molar-refractivity contribution in [2.45, 2.75) is 55.9 Å². The van der Waals surface area contributed by atoms with E-state index in [1.165, 1.54) is 60.7 Å². The average molecular weight is 794 g/mol. The first-order chi connectivity index (χ1) is 26.5. The Balaban J connectivity index is 1.30. The van der Waals surface area contributed by atoms with Crippen LogP contribution in [0.15, 0.2) is 72.8 Å². The zero-order valence-corrected chi connectivity index (χ0v) is 29.6. The van der Waals surface area contributed by atoms with Gasteiger partial charge >= 0.3 is 17.9 Å². The summed E-state index contributed by atoms with van der Waals surface area (Å²) in [7, 11) is -4.46. The fourth-order valence-electron chi connectivity index (χ4n) is 6.14. The minimum atomic E-state index is -4.46. The van der Waals surface area contributed by atoms with E-state index in [9.17, 15) is 57.9 Å². The molecule has 2 saturated heterocycles. The number of esters is 3. The van der Waals surface area contributed by atoms with Gasteiger partial charge in [0.2, 0.25) is 11.6 Å². The number of fused-ring (bicyclic) bond motifs is 1. The molecule has 0 aliphatic carbocycles. The van der Waals surface area contributed by atoms with Crippen LogP contribution in [-0.4, -0.2) is 83.1 Å². The van der Waals surface area contributed by atoms with Crippen molar-refractivity contribution in [3.63, 3.8) is 0 Å². The quantitative estimate of drug-likeness (QED) is 0.0582. The first-order valence-corrected chi connectivity index (χ1v) is 17.8. The summed E-state index contributed by atoms with van der Waals surface area (Å²) in [6.07, 6.45) is -0.453. The normalized spacial score (nSPS) is 19.3. The zero-order valence-electron chi connectivity index (χ0n) is 28.8. The van der Waals surface area contributed by atoms with Crippen LogP contribution in [0.5, 0.6) is 0 Å². The van der Waals surface area contributed by atoms with E-state index in [1.54, 1.807) is 0 Å². The molecular weight excluding hydrogens is 766 g/mol. The molecule has 0 spiro atoms. The number of nitro groups is 3. The van der Waals surface area contributed by atoms with Gasteiger partial charge in [-0.2, -0.15) is 0 Å². The van der Waals surface area contributed by atoms with Gasteiger partial charge in [-0.1, -0.05) is 5.21 Å². The lowest BCUT2D eigenvalue weighted by molar-refractivity contribution is -0.385. The summed E-state index contributed by atoms with van der Waals surface area (Å²) in [5.41, 5.74) is -1.24. The van der Waals surface area contributed by atoms with Crippen molar-refractivity contribution in [1.29, 1.82) is 0 Å². The van der Waals surface area contributed by atoms with Crippen LogP contribution in [0.4, 0.5) is 17.1 Å². The molecule has 3 aromatic carbocycles. The van der Waals surface area contributed by atoms with Gasteiger partial charge in [0.05, 0.1) is 27.7 Å². The maximum Gasteiger partial charge on any atom is 0.361 e. The molecule has 1 amide bonds. The molecule has 4 aromatic rings. The number of non-ortho nitro benzene ring substituents is 3. The van der Waals surface area contributed by atoms with Crippen molar-refractivity contribution in [3.8, 4) is 0 Å². The first kappa shape index (κ1) is 38.6. The molecule has 2 aliphatic heterocycles. The molecule has 0 saturated carbocycles. The summed E-state index contributed by atoms with van der Waals surface area (Å²) < 4.78 is 42.6. The monoisotopic (exact) mass is 793 g/mol. The predicted octanol–water partition coefficient (Wildman–Crippen LogP) is 2.57. The Hall–Kier alpha value is -7.17. The third kappa shape index (κ3) is 7.21. The summed E-state index contributed by atoms with van der Waals surface area (Å²) >= 11 is 0. The van der Waals surface area contributed by atoms with E-state index in [0.717, 1.165) is 24.0 Å². The topological polar surface area (TPSA) is 293 Å². The Morgan fingerprint density at radius 3 is 1.61 bits per heavy atom. The molecular formula is C33H27N7O15S. The van der Waals surface area contributed by atoms with Crippen molar-refractivity contribution in [1.82, 2.24) is 19.9 Å². The van der Waals surface area contributed by atoms with E-state index in [-0.39, 0.29) is 22.6 Å². The van der Waals surface area contributed by atoms with Gasteiger partial charge in [0.25, 0.3) is 17.1 Å². The number of sulfone groups is 1. The third-order valence-electron chi connectivity index (χ3n) is 9.18. The van der Waals surface area contributed by atoms with Gasteiger partial charge in [0.1, 0.15) is 29.9 Å². The van der Waals surface area contributed by atoms with Crippen LogP contribution in [0.3, 0.4) is 0 Å². The fraction of sp³-hybridized carbons (Fsp3) is 0.273. The molecule has 6 rings (SSSR count). The highest BCUT2D eigenvalue weighted by Crippen LogP contribution is 2.47. The lowest BCUT2D eigenvalue weighted by Crippen LogP contribution is -2.58. The highest BCUT2D eigenvalue weighted by molar-refractivity contribution is 7.93. The third-order valence-corrected chi connectivity index (χ3v) is 11.9. The Labute approximate surface area is 313 Å². The number of ether oxygens (including phenoxy) is 3. The van der Waals surface area contributed by atoms with E-state index in [1.807, 2.05) is 0 Å². The molecule has 0 unspecified atom stereocenters. The molecule has 2 aliphatic rings. The molecule has 0 radical (unpaired) electrons. The average Bonchev–Trinajstić information content (AvgIpc) is 3.64. The molecule has 1 aromatic heterocycles. The van der Waals surface area contributed by atoms with E-state index >= 15 is 0 Å². The van der Waals surface area contributed by atoms with Gasteiger partial charge < -0.3 is 19.1 Å². The molecule has 23 heteroatoms. The lowest BCUT2D eigenvalue weighted by atomic mass is 9.96. The van der Waals surface area contributed by atoms with Crippen molar-refractivity contribution in [3.05, 3.63) is 131 Å². The summed E-state index contributed by atoms with van der Waals surface area (Å²) in [5, 5.41) is 39.2. The maximum absolute atomic E-state index is 14.0. The molecule has 56 heavy (non-hydrogen) atoms.